The molecule has 0 bridgehead atoms. The van der Waals surface area contributed by atoms with E-state index in [1.165, 1.54) is 141 Å². The van der Waals surface area contributed by atoms with Crippen molar-refractivity contribution in [3.8, 4) is 0 Å². The second-order valence-corrected chi connectivity index (χ2v) is 29.4. The lowest BCUT2D eigenvalue weighted by molar-refractivity contribution is -0.161. The van der Waals surface area contributed by atoms with Crippen LogP contribution in [0.4, 0.5) is 0 Å². The first-order valence-corrected chi connectivity index (χ1v) is 39.3. The summed E-state index contributed by atoms with van der Waals surface area (Å²) in [4.78, 5) is 72.6. The third-order valence-electron chi connectivity index (χ3n) is 17.2. The molecule has 0 heterocycles. The van der Waals surface area contributed by atoms with Crippen LogP contribution in [0, 0.1) is 23.7 Å². The van der Waals surface area contributed by atoms with Crippen molar-refractivity contribution in [1.29, 1.82) is 0 Å². The van der Waals surface area contributed by atoms with Crippen molar-refractivity contribution in [3.63, 3.8) is 0 Å². The Morgan fingerprint density at radius 3 is 0.798 bits per heavy atom. The van der Waals surface area contributed by atoms with Crippen LogP contribution in [0.1, 0.15) is 344 Å². The summed E-state index contributed by atoms with van der Waals surface area (Å²) >= 11 is 0. The molecule has 0 aliphatic heterocycles. The van der Waals surface area contributed by atoms with E-state index in [2.05, 4.69) is 55.4 Å². The lowest BCUT2D eigenvalue weighted by Crippen LogP contribution is -2.30. The molecule has 0 saturated carbocycles. The van der Waals surface area contributed by atoms with Gasteiger partial charge in [0.15, 0.2) is 12.2 Å². The van der Waals surface area contributed by atoms with Gasteiger partial charge < -0.3 is 33.8 Å². The summed E-state index contributed by atoms with van der Waals surface area (Å²) in [6, 6.07) is 0. The number of esters is 4. The molecule has 0 rings (SSSR count). The first-order valence-electron chi connectivity index (χ1n) is 36.3. The van der Waals surface area contributed by atoms with E-state index in [0.29, 0.717) is 25.7 Å². The van der Waals surface area contributed by atoms with Gasteiger partial charge in [0.05, 0.1) is 26.4 Å². The van der Waals surface area contributed by atoms with E-state index >= 15 is 0 Å². The smallest absolute Gasteiger partial charge is 0.462 e. The predicted octanol–water partition coefficient (Wildman–Crippen LogP) is 19.7. The molecule has 8 atom stereocenters. The van der Waals surface area contributed by atoms with Gasteiger partial charge in [-0.2, -0.15) is 0 Å². The van der Waals surface area contributed by atoms with E-state index in [4.69, 9.17) is 37.0 Å². The number of unbranched alkanes of at least 4 members (excludes halogenated alkanes) is 30. The van der Waals surface area contributed by atoms with Crippen LogP contribution >= 0.6 is 15.6 Å². The van der Waals surface area contributed by atoms with Crippen LogP contribution in [0.15, 0.2) is 0 Å². The first kappa shape index (κ1) is 87.1. The van der Waals surface area contributed by atoms with Crippen molar-refractivity contribution < 1.29 is 80.2 Å². The van der Waals surface area contributed by atoms with Gasteiger partial charge in [-0.3, -0.25) is 37.3 Å². The van der Waals surface area contributed by atoms with Crippen LogP contribution in [0.2, 0.25) is 0 Å². The molecular formula is C70H136O17P2. The highest BCUT2D eigenvalue weighted by atomic mass is 31.2. The normalized spacial score (nSPS) is 15.2. The molecule has 0 spiro atoms. The van der Waals surface area contributed by atoms with Gasteiger partial charge in [0.25, 0.3) is 0 Å². The molecule has 89 heavy (non-hydrogen) atoms. The molecule has 19 heteroatoms. The standard InChI is InChI=1S/C70H136O17P2/c1-9-61(6)47-39-31-23-18-20-25-34-42-50-67(72)80-56-65(86-69(74)52-44-36-26-17-15-13-12-14-16-22-30-38-46-60(4)5)58-84-88(76,77)82-54-64(71)55-83-89(78,79)85-59-66(57-81-68(73)51-43-35-29-28-33-41-49-63(8)11-3)87-70(75)53-45-37-27-21-19-24-32-40-48-62(7)10-2/h60-66,71H,9-59H2,1-8H3,(H,76,77)(H,78,79)/t61?,62?,63?,64-,65-,66-/m1/s1. The van der Waals surface area contributed by atoms with Crippen LogP contribution in [-0.4, -0.2) is 96.7 Å². The Morgan fingerprint density at radius 1 is 0.315 bits per heavy atom. The number of aliphatic hydroxyl groups is 1. The summed E-state index contributed by atoms with van der Waals surface area (Å²) in [5, 5.41) is 10.6. The number of phosphoric acid groups is 2. The van der Waals surface area contributed by atoms with Crippen molar-refractivity contribution in [2.24, 2.45) is 23.7 Å². The number of carbonyl (C=O) groups is 4. The molecule has 5 unspecified atom stereocenters. The zero-order chi connectivity index (χ0) is 66.1. The molecule has 3 N–H and O–H groups in total. The Bertz CT molecular complexity index is 1770. The van der Waals surface area contributed by atoms with Gasteiger partial charge in [0.1, 0.15) is 19.3 Å². The van der Waals surface area contributed by atoms with Gasteiger partial charge in [0, 0.05) is 25.7 Å². The van der Waals surface area contributed by atoms with E-state index in [-0.39, 0.29) is 25.7 Å². The van der Waals surface area contributed by atoms with Gasteiger partial charge in [-0.05, 0) is 49.4 Å². The minimum Gasteiger partial charge on any atom is -0.462 e. The van der Waals surface area contributed by atoms with Crippen molar-refractivity contribution in [1.82, 2.24) is 0 Å². The Balaban J connectivity index is 5.28. The number of carbonyl (C=O) groups excluding carboxylic acids is 4. The molecule has 0 aliphatic rings. The fourth-order valence-corrected chi connectivity index (χ4v) is 12.0. The lowest BCUT2D eigenvalue weighted by atomic mass is 9.99. The van der Waals surface area contributed by atoms with E-state index in [1.54, 1.807) is 0 Å². The monoisotopic (exact) mass is 1310 g/mol. The number of hydrogen-bond donors (Lipinski definition) is 3. The number of phosphoric ester groups is 2. The van der Waals surface area contributed by atoms with Crippen molar-refractivity contribution in [2.45, 2.75) is 363 Å². The molecular weight excluding hydrogens is 1170 g/mol. The highest BCUT2D eigenvalue weighted by molar-refractivity contribution is 7.47. The van der Waals surface area contributed by atoms with Gasteiger partial charge >= 0.3 is 39.5 Å². The van der Waals surface area contributed by atoms with Gasteiger partial charge in [-0.1, -0.05) is 293 Å². The van der Waals surface area contributed by atoms with E-state index in [1.807, 2.05) is 0 Å². The zero-order valence-electron chi connectivity index (χ0n) is 58.1. The topological polar surface area (TPSA) is 237 Å². The molecule has 0 fully saturated rings. The van der Waals surface area contributed by atoms with Gasteiger partial charge in [-0.25, -0.2) is 9.13 Å². The quantitative estimate of drug-likeness (QED) is 0.0222. The fraction of sp³-hybridized carbons (Fsp3) is 0.943. The molecule has 0 amide bonds. The second kappa shape index (κ2) is 59.8. The van der Waals surface area contributed by atoms with Crippen LogP contribution in [0.5, 0.6) is 0 Å². The van der Waals surface area contributed by atoms with E-state index < -0.39 is 97.5 Å². The summed E-state index contributed by atoms with van der Waals surface area (Å²) < 4.78 is 68.3. The van der Waals surface area contributed by atoms with Gasteiger partial charge in [-0.15, -0.1) is 0 Å². The average molecular weight is 1310 g/mol. The SMILES string of the molecule is CCC(C)CCCCCCCCCCC(=O)OC[C@H](COP(=O)(O)OC[C@@H](O)COP(=O)(O)OC[C@@H](COC(=O)CCCCCCCCC(C)CC)OC(=O)CCCCCCCCCCC(C)CC)OC(=O)CCCCCCCCCCCCCCC(C)C. The summed E-state index contributed by atoms with van der Waals surface area (Å²) in [6.07, 6.45) is 41.6. The Hall–Kier alpha value is -1.94. The highest BCUT2D eigenvalue weighted by Gasteiger charge is 2.30. The predicted molar refractivity (Wildman–Crippen MR) is 358 cm³/mol. The summed E-state index contributed by atoms with van der Waals surface area (Å²) in [5.74, 6) is 0.923. The second-order valence-electron chi connectivity index (χ2n) is 26.5. The number of aliphatic hydroxyl groups excluding tert-OH is 1. The first-order chi connectivity index (χ1) is 42.7. The Morgan fingerprint density at radius 2 is 0.539 bits per heavy atom. The van der Waals surface area contributed by atoms with Crippen LogP contribution in [0.25, 0.3) is 0 Å². The van der Waals surface area contributed by atoms with E-state index in [0.717, 1.165) is 120 Å². The number of ether oxygens (including phenoxy) is 4. The summed E-state index contributed by atoms with van der Waals surface area (Å²) in [7, 11) is -9.90. The van der Waals surface area contributed by atoms with Gasteiger partial charge in [0.2, 0.25) is 0 Å². The van der Waals surface area contributed by atoms with Crippen molar-refractivity contribution in [3.05, 3.63) is 0 Å². The van der Waals surface area contributed by atoms with Crippen molar-refractivity contribution in [2.75, 3.05) is 39.6 Å². The zero-order valence-corrected chi connectivity index (χ0v) is 59.8. The largest absolute Gasteiger partial charge is 0.472 e. The minimum atomic E-state index is -4.95. The minimum absolute atomic E-state index is 0.103. The lowest BCUT2D eigenvalue weighted by Gasteiger charge is -2.21. The Labute approximate surface area is 543 Å². The third kappa shape index (κ3) is 60.7. The van der Waals surface area contributed by atoms with Crippen LogP contribution < -0.4 is 0 Å². The molecule has 0 aliphatic carbocycles. The maximum Gasteiger partial charge on any atom is 0.472 e. The fourth-order valence-electron chi connectivity index (χ4n) is 10.4. The average Bonchev–Trinajstić information content (AvgIpc) is 3.51. The molecule has 528 valence electrons. The van der Waals surface area contributed by atoms with Crippen LogP contribution in [-0.2, 0) is 65.4 Å². The molecule has 17 nitrogen and oxygen atoms in total. The molecule has 0 aromatic carbocycles. The molecule has 0 radical (unpaired) electrons. The highest BCUT2D eigenvalue weighted by Crippen LogP contribution is 2.45. The molecule has 0 aromatic heterocycles. The number of hydrogen-bond acceptors (Lipinski definition) is 15. The van der Waals surface area contributed by atoms with Crippen LogP contribution in [0.3, 0.4) is 0 Å². The maximum absolute atomic E-state index is 13.0. The third-order valence-corrected chi connectivity index (χ3v) is 19.1. The van der Waals surface area contributed by atoms with Crippen molar-refractivity contribution >= 4 is 39.5 Å². The maximum atomic E-state index is 13.0. The van der Waals surface area contributed by atoms with E-state index in [9.17, 15) is 43.2 Å². The molecule has 0 aromatic rings. The summed E-state index contributed by atoms with van der Waals surface area (Å²) in [5.41, 5.74) is 0. The molecule has 0 saturated heterocycles. The number of rotatable bonds is 67. The summed E-state index contributed by atoms with van der Waals surface area (Å²) in [6.45, 7) is 14.1. The Kier molecular flexibility index (Phi) is 58.5.